The Balaban J connectivity index is 2.05. The van der Waals surface area contributed by atoms with Crippen LogP contribution in [0.5, 0.6) is 0 Å². The summed E-state index contributed by atoms with van der Waals surface area (Å²) in [5, 5.41) is 3.41. The Kier molecular flexibility index (Phi) is 1.77. The standard InChI is InChI=1S/C12H16N2/c13-12-9-3-1-2-8(9)4-5-10(12)11-6-7-14-11/h4-5,11,14H,1-3,6-7,13H2/t11-/m0/s1. The quantitative estimate of drug-likeness (QED) is 0.659. The second-order valence-electron chi connectivity index (χ2n) is 4.36. The monoisotopic (exact) mass is 188 g/mol. The normalized spacial score (nSPS) is 24.4. The van der Waals surface area contributed by atoms with E-state index in [1.807, 2.05) is 0 Å². The predicted molar refractivity (Wildman–Crippen MR) is 58.2 cm³/mol. The summed E-state index contributed by atoms with van der Waals surface area (Å²) in [6.07, 6.45) is 4.92. The number of benzene rings is 1. The average molecular weight is 188 g/mol. The molecule has 2 aliphatic rings. The first-order valence-corrected chi connectivity index (χ1v) is 5.50. The van der Waals surface area contributed by atoms with E-state index in [9.17, 15) is 0 Å². The Labute approximate surface area is 84.5 Å². The summed E-state index contributed by atoms with van der Waals surface area (Å²) in [5.41, 5.74) is 11.5. The molecule has 74 valence electrons. The van der Waals surface area contributed by atoms with Crippen molar-refractivity contribution < 1.29 is 0 Å². The average Bonchev–Trinajstić information content (AvgIpc) is 2.55. The molecule has 1 fully saturated rings. The van der Waals surface area contributed by atoms with Crippen molar-refractivity contribution >= 4 is 5.69 Å². The zero-order valence-electron chi connectivity index (χ0n) is 8.34. The van der Waals surface area contributed by atoms with Gasteiger partial charge in [-0.25, -0.2) is 0 Å². The van der Waals surface area contributed by atoms with Gasteiger partial charge in [-0.2, -0.15) is 0 Å². The van der Waals surface area contributed by atoms with Crippen molar-refractivity contribution in [2.45, 2.75) is 31.7 Å². The van der Waals surface area contributed by atoms with Crippen LogP contribution >= 0.6 is 0 Å². The maximum Gasteiger partial charge on any atom is 0.0397 e. The Hall–Kier alpha value is -1.02. The van der Waals surface area contributed by atoms with Crippen LogP contribution < -0.4 is 11.1 Å². The summed E-state index contributed by atoms with van der Waals surface area (Å²) >= 11 is 0. The molecule has 1 heterocycles. The highest BCUT2D eigenvalue weighted by Gasteiger charge is 2.24. The SMILES string of the molecule is Nc1c([C@@H]2CCN2)ccc2c1CCC2. The molecular formula is C12H16N2. The molecule has 0 saturated carbocycles. The van der Waals surface area contributed by atoms with E-state index in [1.54, 1.807) is 0 Å². The highest BCUT2D eigenvalue weighted by atomic mass is 15.0. The van der Waals surface area contributed by atoms with Crippen LogP contribution in [0.3, 0.4) is 0 Å². The Morgan fingerprint density at radius 3 is 2.86 bits per heavy atom. The van der Waals surface area contributed by atoms with Crippen LogP contribution in [-0.2, 0) is 12.8 Å². The van der Waals surface area contributed by atoms with E-state index in [0.29, 0.717) is 6.04 Å². The minimum atomic E-state index is 0.529. The minimum Gasteiger partial charge on any atom is -0.398 e. The molecule has 14 heavy (non-hydrogen) atoms. The van der Waals surface area contributed by atoms with Crippen molar-refractivity contribution in [2.75, 3.05) is 12.3 Å². The largest absolute Gasteiger partial charge is 0.398 e. The van der Waals surface area contributed by atoms with Crippen molar-refractivity contribution in [2.24, 2.45) is 0 Å². The fourth-order valence-corrected chi connectivity index (χ4v) is 2.57. The Bertz CT molecular complexity index is 367. The van der Waals surface area contributed by atoms with E-state index in [1.165, 1.54) is 42.4 Å². The summed E-state index contributed by atoms with van der Waals surface area (Å²) in [6.45, 7) is 1.14. The molecule has 1 aliphatic heterocycles. The number of hydrogen-bond acceptors (Lipinski definition) is 2. The maximum atomic E-state index is 6.21. The molecular weight excluding hydrogens is 172 g/mol. The van der Waals surface area contributed by atoms with E-state index >= 15 is 0 Å². The van der Waals surface area contributed by atoms with Gasteiger partial charge < -0.3 is 11.1 Å². The van der Waals surface area contributed by atoms with Gasteiger partial charge >= 0.3 is 0 Å². The number of nitrogens with one attached hydrogen (secondary N) is 1. The summed E-state index contributed by atoms with van der Waals surface area (Å²) in [5.74, 6) is 0. The van der Waals surface area contributed by atoms with Crippen LogP contribution in [0.2, 0.25) is 0 Å². The van der Waals surface area contributed by atoms with Crippen molar-refractivity contribution in [3.05, 3.63) is 28.8 Å². The second-order valence-corrected chi connectivity index (χ2v) is 4.36. The molecule has 3 rings (SSSR count). The third-order valence-electron chi connectivity index (χ3n) is 3.56. The summed E-state index contributed by atoms with van der Waals surface area (Å²) in [4.78, 5) is 0. The van der Waals surface area contributed by atoms with Crippen LogP contribution in [0.15, 0.2) is 12.1 Å². The van der Waals surface area contributed by atoms with Gasteiger partial charge in [0.15, 0.2) is 0 Å². The lowest BCUT2D eigenvalue weighted by Crippen LogP contribution is -2.35. The fourth-order valence-electron chi connectivity index (χ4n) is 2.57. The molecule has 0 radical (unpaired) electrons. The van der Waals surface area contributed by atoms with Crippen LogP contribution in [0.25, 0.3) is 0 Å². The van der Waals surface area contributed by atoms with Gasteiger partial charge in [0.05, 0.1) is 0 Å². The topological polar surface area (TPSA) is 38.0 Å². The van der Waals surface area contributed by atoms with E-state index in [-0.39, 0.29) is 0 Å². The summed E-state index contributed by atoms with van der Waals surface area (Å²) < 4.78 is 0. The van der Waals surface area contributed by atoms with E-state index in [4.69, 9.17) is 5.73 Å². The highest BCUT2D eigenvalue weighted by molar-refractivity contribution is 5.60. The van der Waals surface area contributed by atoms with Crippen LogP contribution in [0.1, 0.15) is 35.6 Å². The van der Waals surface area contributed by atoms with Crippen molar-refractivity contribution in [3.8, 4) is 0 Å². The first-order chi connectivity index (χ1) is 6.86. The molecule has 1 saturated heterocycles. The van der Waals surface area contributed by atoms with Gasteiger partial charge in [-0.05, 0) is 48.9 Å². The molecule has 0 spiro atoms. The Morgan fingerprint density at radius 1 is 1.29 bits per heavy atom. The molecule has 3 N–H and O–H groups in total. The van der Waals surface area contributed by atoms with Gasteiger partial charge in [-0.15, -0.1) is 0 Å². The summed E-state index contributed by atoms with van der Waals surface area (Å²) in [6, 6.07) is 5.02. The first kappa shape index (κ1) is 8.30. The fraction of sp³-hybridized carbons (Fsp3) is 0.500. The molecule has 1 atom stereocenters. The number of hydrogen-bond donors (Lipinski definition) is 2. The highest BCUT2D eigenvalue weighted by Crippen LogP contribution is 2.35. The smallest absolute Gasteiger partial charge is 0.0397 e. The van der Waals surface area contributed by atoms with Gasteiger partial charge in [-0.3, -0.25) is 0 Å². The molecule has 1 aromatic rings. The van der Waals surface area contributed by atoms with Gasteiger partial charge in [0, 0.05) is 11.7 Å². The minimum absolute atomic E-state index is 0.529. The molecule has 2 heteroatoms. The molecule has 0 unspecified atom stereocenters. The zero-order chi connectivity index (χ0) is 9.54. The van der Waals surface area contributed by atoms with Crippen LogP contribution in [0, 0.1) is 0 Å². The molecule has 1 aromatic carbocycles. The van der Waals surface area contributed by atoms with Crippen molar-refractivity contribution in [1.29, 1.82) is 0 Å². The molecule has 2 nitrogen and oxygen atoms in total. The lowest BCUT2D eigenvalue weighted by molar-refractivity contribution is 0.384. The van der Waals surface area contributed by atoms with Gasteiger partial charge in [-0.1, -0.05) is 12.1 Å². The van der Waals surface area contributed by atoms with Gasteiger partial charge in [0.1, 0.15) is 0 Å². The third kappa shape index (κ3) is 1.07. The molecule has 0 aromatic heterocycles. The van der Waals surface area contributed by atoms with Crippen molar-refractivity contribution in [1.82, 2.24) is 5.32 Å². The second kappa shape index (κ2) is 2.99. The van der Waals surface area contributed by atoms with E-state index in [0.717, 1.165) is 12.2 Å². The zero-order valence-corrected chi connectivity index (χ0v) is 8.34. The van der Waals surface area contributed by atoms with Crippen LogP contribution in [0.4, 0.5) is 5.69 Å². The lowest BCUT2D eigenvalue weighted by atomic mass is 9.93. The predicted octanol–water partition coefficient (Wildman–Crippen LogP) is 1.79. The molecule has 1 aliphatic carbocycles. The number of anilines is 1. The van der Waals surface area contributed by atoms with Gasteiger partial charge in [0.25, 0.3) is 0 Å². The third-order valence-corrected chi connectivity index (χ3v) is 3.56. The molecule has 0 amide bonds. The maximum absolute atomic E-state index is 6.21. The van der Waals surface area contributed by atoms with E-state index < -0.39 is 0 Å². The van der Waals surface area contributed by atoms with Crippen LogP contribution in [-0.4, -0.2) is 6.54 Å². The number of nitrogen functional groups attached to an aromatic ring is 1. The number of aryl methyl sites for hydroxylation is 1. The number of rotatable bonds is 1. The van der Waals surface area contributed by atoms with Gasteiger partial charge in [0.2, 0.25) is 0 Å². The summed E-state index contributed by atoms with van der Waals surface area (Å²) in [7, 11) is 0. The van der Waals surface area contributed by atoms with Crippen molar-refractivity contribution in [3.63, 3.8) is 0 Å². The number of nitrogens with two attached hydrogens (primary N) is 1. The first-order valence-electron chi connectivity index (χ1n) is 5.50. The Morgan fingerprint density at radius 2 is 2.14 bits per heavy atom. The lowest BCUT2D eigenvalue weighted by Gasteiger charge is -2.29. The molecule has 0 bridgehead atoms. The number of fused-ring (bicyclic) bond motifs is 1. The van der Waals surface area contributed by atoms with E-state index in [2.05, 4.69) is 17.4 Å².